The van der Waals surface area contributed by atoms with E-state index in [2.05, 4.69) is 17.1 Å². The van der Waals surface area contributed by atoms with E-state index in [0.717, 1.165) is 36.7 Å². The van der Waals surface area contributed by atoms with E-state index in [-0.39, 0.29) is 5.91 Å². The van der Waals surface area contributed by atoms with E-state index < -0.39 is 0 Å². The molecule has 1 saturated heterocycles. The van der Waals surface area contributed by atoms with Crippen LogP contribution in [0.25, 0.3) is 11.4 Å². The summed E-state index contributed by atoms with van der Waals surface area (Å²) >= 11 is 7.44. The minimum absolute atomic E-state index is 0.155. The second-order valence-electron chi connectivity index (χ2n) is 7.35. The highest BCUT2D eigenvalue weighted by atomic mass is 35.5. The molecule has 6 nitrogen and oxygen atoms in total. The van der Waals surface area contributed by atoms with Gasteiger partial charge in [0.25, 0.3) is 0 Å². The van der Waals surface area contributed by atoms with E-state index in [0.29, 0.717) is 28.4 Å². The summed E-state index contributed by atoms with van der Waals surface area (Å²) in [5.74, 6) is 2.60. The first-order valence-corrected chi connectivity index (χ1v) is 11.1. The van der Waals surface area contributed by atoms with E-state index in [1.807, 2.05) is 45.9 Å². The Morgan fingerprint density at radius 2 is 2.10 bits per heavy atom. The first kappa shape index (κ1) is 20.0. The Bertz CT molecular complexity index is 956. The molecule has 3 aromatic rings. The summed E-state index contributed by atoms with van der Waals surface area (Å²) < 4.78 is 7.51. The third kappa shape index (κ3) is 4.85. The highest BCUT2D eigenvalue weighted by molar-refractivity contribution is 7.99. The van der Waals surface area contributed by atoms with Crippen molar-refractivity contribution in [2.75, 3.05) is 18.8 Å². The molecule has 1 atom stereocenters. The van der Waals surface area contributed by atoms with Gasteiger partial charge in [0.05, 0.1) is 18.6 Å². The van der Waals surface area contributed by atoms with Crippen molar-refractivity contribution in [1.82, 2.24) is 19.7 Å². The van der Waals surface area contributed by atoms with Gasteiger partial charge in [-0.15, -0.1) is 10.2 Å². The minimum atomic E-state index is 0.155. The van der Waals surface area contributed by atoms with Crippen LogP contribution in [0.15, 0.2) is 52.2 Å². The maximum absolute atomic E-state index is 12.7. The molecule has 1 amide bonds. The number of nitrogens with zero attached hydrogens (tertiary/aromatic N) is 4. The number of carbonyl (C=O) groups is 1. The van der Waals surface area contributed by atoms with Crippen LogP contribution in [-0.2, 0) is 11.3 Å². The molecule has 8 heteroatoms. The molecular formula is C21H23ClN4O2S. The van der Waals surface area contributed by atoms with Gasteiger partial charge in [-0.2, -0.15) is 0 Å². The zero-order valence-electron chi connectivity index (χ0n) is 16.3. The van der Waals surface area contributed by atoms with E-state index >= 15 is 0 Å². The molecule has 2 aromatic heterocycles. The van der Waals surface area contributed by atoms with Crippen molar-refractivity contribution in [3.05, 3.63) is 53.4 Å². The summed E-state index contributed by atoms with van der Waals surface area (Å²) in [5.41, 5.74) is 0.913. The minimum Gasteiger partial charge on any atom is -0.467 e. The fraction of sp³-hybridized carbons (Fsp3) is 0.381. The summed E-state index contributed by atoms with van der Waals surface area (Å²) in [6, 6.07) is 11.3. The molecular weight excluding hydrogens is 408 g/mol. The van der Waals surface area contributed by atoms with E-state index in [1.165, 1.54) is 18.2 Å². The number of thioether (sulfide) groups is 1. The summed E-state index contributed by atoms with van der Waals surface area (Å²) in [4.78, 5) is 14.6. The number of furan rings is 1. The standard InChI is InChI=1S/C21H23ClN4O2S/c1-15-4-2-10-25(12-15)19(27)14-29-21-24-23-20(16-6-8-17(22)9-7-16)26(21)13-18-5-3-11-28-18/h3,5-9,11,15H,2,4,10,12-14H2,1H3. The molecule has 29 heavy (non-hydrogen) atoms. The first-order chi connectivity index (χ1) is 14.1. The average Bonchev–Trinajstić information content (AvgIpc) is 3.37. The summed E-state index contributed by atoms with van der Waals surface area (Å²) in [7, 11) is 0. The van der Waals surface area contributed by atoms with Crippen LogP contribution in [0.2, 0.25) is 5.02 Å². The van der Waals surface area contributed by atoms with Crippen LogP contribution in [-0.4, -0.2) is 44.4 Å². The van der Waals surface area contributed by atoms with Gasteiger partial charge in [0.1, 0.15) is 5.76 Å². The molecule has 1 fully saturated rings. The molecule has 0 saturated carbocycles. The number of carbonyl (C=O) groups excluding carboxylic acids is 1. The average molecular weight is 431 g/mol. The Morgan fingerprint density at radius 1 is 1.28 bits per heavy atom. The third-order valence-corrected chi connectivity index (χ3v) is 6.25. The molecule has 0 radical (unpaired) electrons. The maximum Gasteiger partial charge on any atom is 0.233 e. The Balaban J connectivity index is 1.54. The lowest BCUT2D eigenvalue weighted by atomic mass is 10.0. The predicted molar refractivity (Wildman–Crippen MR) is 114 cm³/mol. The number of rotatable bonds is 6. The number of likely N-dealkylation sites (tertiary alicyclic amines) is 1. The zero-order valence-corrected chi connectivity index (χ0v) is 17.8. The molecule has 1 unspecified atom stereocenters. The highest BCUT2D eigenvalue weighted by Gasteiger charge is 2.22. The molecule has 1 aliphatic rings. The van der Waals surface area contributed by atoms with Gasteiger partial charge < -0.3 is 9.32 Å². The van der Waals surface area contributed by atoms with Gasteiger partial charge in [-0.25, -0.2) is 0 Å². The van der Waals surface area contributed by atoms with Gasteiger partial charge in [-0.05, 0) is 55.2 Å². The summed E-state index contributed by atoms with van der Waals surface area (Å²) in [5, 5.41) is 10.1. The van der Waals surface area contributed by atoms with E-state index in [1.54, 1.807) is 6.26 Å². The van der Waals surface area contributed by atoms with Gasteiger partial charge in [0, 0.05) is 23.7 Å². The first-order valence-electron chi connectivity index (χ1n) is 9.72. The van der Waals surface area contributed by atoms with Crippen molar-refractivity contribution in [3.8, 4) is 11.4 Å². The van der Waals surface area contributed by atoms with Gasteiger partial charge >= 0.3 is 0 Å². The van der Waals surface area contributed by atoms with Crippen LogP contribution in [0, 0.1) is 5.92 Å². The molecule has 1 aromatic carbocycles. The Hall–Kier alpha value is -2.25. The van der Waals surface area contributed by atoms with Gasteiger partial charge in [0.15, 0.2) is 11.0 Å². The monoisotopic (exact) mass is 430 g/mol. The molecule has 0 N–H and O–H groups in total. The van der Waals surface area contributed by atoms with Gasteiger partial charge in [0.2, 0.25) is 5.91 Å². The van der Waals surface area contributed by atoms with Crippen molar-refractivity contribution < 1.29 is 9.21 Å². The number of aromatic nitrogens is 3. The van der Waals surface area contributed by atoms with Gasteiger partial charge in [-0.1, -0.05) is 30.3 Å². The number of benzene rings is 1. The number of amides is 1. The largest absolute Gasteiger partial charge is 0.467 e. The smallest absolute Gasteiger partial charge is 0.233 e. The van der Waals surface area contributed by atoms with E-state index in [4.69, 9.17) is 16.0 Å². The van der Waals surface area contributed by atoms with Crippen LogP contribution in [0.3, 0.4) is 0 Å². The molecule has 1 aliphatic heterocycles. The second-order valence-corrected chi connectivity index (χ2v) is 8.73. The van der Waals surface area contributed by atoms with Crippen molar-refractivity contribution >= 4 is 29.3 Å². The molecule has 0 aliphatic carbocycles. The van der Waals surface area contributed by atoms with Crippen molar-refractivity contribution in [1.29, 1.82) is 0 Å². The van der Waals surface area contributed by atoms with Crippen LogP contribution in [0.1, 0.15) is 25.5 Å². The Labute approximate surface area is 179 Å². The molecule has 4 rings (SSSR count). The van der Waals surface area contributed by atoms with Crippen LogP contribution in [0.4, 0.5) is 0 Å². The van der Waals surface area contributed by atoms with Crippen molar-refractivity contribution in [2.24, 2.45) is 5.92 Å². The quantitative estimate of drug-likeness (QED) is 0.535. The lowest BCUT2D eigenvalue weighted by Crippen LogP contribution is -2.40. The SMILES string of the molecule is CC1CCCN(C(=O)CSc2nnc(-c3ccc(Cl)cc3)n2Cc2ccco2)C1. The maximum atomic E-state index is 12.7. The predicted octanol–water partition coefficient (Wildman–Crippen LogP) is 4.59. The van der Waals surface area contributed by atoms with Gasteiger partial charge in [-0.3, -0.25) is 9.36 Å². The fourth-order valence-electron chi connectivity index (χ4n) is 3.54. The lowest BCUT2D eigenvalue weighted by Gasteiger charge is -2.30. The summed E-state index contributed by atoms with van der Waals surface area (Å²) in [6.07, 6.45) is 3.92. The van der Waals surface area contributed by atoms with Crippen LogP contribution in [0.5, 0.6) is 0 Å². The Kier molecular flexibility index (Phi) is 6.25. The van der Waals surface area contributed by atoms with Crippen molar-refractivity contribution in [2.45, 2.75) is 31.5 Å². The number of piperidine rings is 1. The molecule has 0 bridgehead atoms. The van der Waals surface area contributed by atoms with E-state index in [9.17, 15) is 4.79 Å². The van der Waals surface area contributed by atoms with Crippen molar-refractivity contribution in [3.63, 3.8) is 0 Å². The second kappa shape index (κ2) is 9.05. The number of hydrogen-bond acceptors (Lipinski definition) is 5. The molecule has 152 valence electrons. The van der Waals surface area contributed by atoms with Crippen LogP contribution >= 0.6 is 23.4 Å². The normalized spacial score (nSPS) is 16.9. The zero-order chi connectivity index (χ0) is 20.2. The summed E-state index contributed by atoms with van der Waals surface area (Å²) in [6.45, 7) is 4.38. The van der Waals surface area contributed by atoms with Crippen LogP contribution < -0.4 is 0 Å². The molecule has 3 heterocycles. The number of hydrogen-bond donors (Lipinski definition) is 0. The Morgan fingerprint density at radius 3 is 2.83 bits per heavy atom. The molecule has 0 spiro atoms. The highest BCUT2D eigenvalue weighted by Crippen LogP contribution is 2.27. The fourth-order valence-corrected chi connectivity index (χ4v) is 4.51. The third-order valence-electron chi connectivity index (χ3n) is 5.05. The topological polar surface area (TPSA) is 64.2 Å². The lowest BCUT2D eigenvalue weighted by molar-refractivity contribution is -0.130. The number of halogens is 1.